The van der Waals surface area contributed by atoms with Crippen LogP contribution in [0.2, 0.25) is 10.0 Å². The fourth-order valence-corrected chi connectivity index (χ4v) is 3.17. The van der Waals surface area contributed by atoms with Gasteiger partial charge in [0.05, 0.1) is 38.9 Å². The first-order valence-electron chi connectivity index (χ1n) is 8.90. The van der Waals surface area contributed by atoms with Crippen LogP contribution in [0.5, 0.6) is 0 Å². The maximum atomic E-state index is 13.0. The van der Waals surface area contributed by atoms with Gasteiger partial charge in [-0.25, -0.2) is 4.98 Å². The van der Waals surface area contributed by atoms with Crippen molar-refractivity contribution in [1.29, 1.82) is 0 Å². The van der Waals surface area contributed by atoms with Gasteiger partial charge in [-0.05, 0) is 48.0 Å². The van der Waals surface area contributed by atoms with E-state index < -0.39 is 0 Å². The summed E-state index contributed by atoms with van der Waals surface area (Å²) in [7, 11) is 0. The summed E-state index contributed by atoms with van der Waals surface area (Å²) in [4.78, 5) is 25.0. The third kappa shape index (κ3) is 4.47. The molecule has 0 radical (unpaired) electrons. The summed E-state index contributed by atoms with van der Waals surface area (Å²) < 4.78 is 0. The Kier molecular flexibility index (Phi) is 5.60. The number of benzene rings is 2. The average Bonchev–Trinajstić information content (AvgIpc) is 3.17. The normalized spacial score (nSPS) is 11.6. The third-order valence-electron chi connectivity index (χ3n) is 4.30. The number of amides is 1. The number of aromatic nitrogens is 3. The molecule has 0 aliphatic carbocycles. The number of fused-ring (bicyclic) bond motifs is 1. The second-order valence-corrected chi connectivity index (χ2v) is 7.15. The summed E-state index contributed by atoms with van der Waals surface area (Å²) in [5, 5.41) is 3.77. The minimum atomic E-state index is -0.277. The number of H-pyrrole nitrogens is 1. The average molecular weight is 423 g/mol. The highest BCUT2D eigenvalue weighted by molar-refractivity contribution is 6.42. The molecule has 0 spiro atoms. The van der Waals surface area contributed by atoms with Crippen molar-refractivity contribution in [2.75, 3.05) is 0 Å². The molecule has 29 heavy (non-hydrogen) atoms. The highest BCUT2D eigenvalue weighted by atomic mass is 35.5. The number of carbonyl (C=O) groups is 1. The molecule has 4 aromatic rings. The topological polar surface area (TPSA) is 70.7 Å². The standard InChI is InChI=1S/C22H16Cl2N4O/c23-17-9-8-14(12-18(17)24)11-16(21-27-19-6-1-2-7-20(19)28-21)22(29)26-13-15-5-3-4-10-25-15/h1-12H,13H2,(H,26,29)(H,27,28)/b16-11+. The van der Waals surface area contributed by atoms with Gasteiger partial charge in [-0.15, -0.1) is 0 Å². The largest absolute Gasteiger partial charge is 0.346 e. The van der Waals surface area contributed by atoms with E-state index in [1.165, 1.54) is 0 Å². The predicted octanol–water partition coefficient (Wildman–Crippen LogP) is 5.12. The summed E-state index contributed by atoms with van der Waals surface area (Å²) in [6, 6.07) is 18.4. The molecule has 0 saturated heterocycles. The predicted molar refractivity (Wildman–Crippen MR) is 117 cm³/mol. The van der Waals surface area contributed by atoms with E-state index >= 15 is 0 Å². The summed E-state index contributed by atoms with van der Waals surface area (Å²) in [5.74, 6) is 0.191. The second kappa shape index (κ2) is 8.47. The number of imidazole rings is 1. The van der Waals surface area contributed by atoms with Crippen molar-refractivity contribution >= 4 is 51.8 Å². The molecule has 144 valence electrons. The van der Waals surface area contributed by atoms with Gasteiger partial charge in [0.25, 0.3) is 5.91 Å². The lowest BCUT2D eigenvalue weighted by Gasteiger charge is -2.08. The Morgan fingerprint density at radius 2 is 1.86 bits per heavy atom. The number of pyridine rings is 1. The lowest BCUT2D eigenvalue weighted by Crippen LogP contribution is -2.24. The van der Waals surface area contributed by atoms with Gasteiger partial charge < -0.3 is 10.3 Å². The quantitative estimate of drug-likeness (QED) is 0.438. The number of rotatable bonds is 5. The van der Waals surface area contributed by atoms with E-state index in [-0.39, 0.29) is 5.91 Å². The van der Waals surface area contributed by atoms with E-state index in [1.54, 1.807) is 30.5 Å². The summed E-state index contributed by atoms with van der Waals surface area (Å²) in [6.45, 7) is 0.304. The number of nitrogens with one attached hydrogen (secondary N) is 2. The van der Waals surface area contributed by atoms with Crippen molar-refractivity contribution in [2.45, 2.75) is 6.54 Å². The molecule has 2 N–H and O–H groups in total. The van der Waals surface area contributed by atoms with Crippen LogP contribution in [-0.2, 0) is 11.3 Å². The summed E-state index contributed by atoms with van der Waals surface area (Å²) in [5.41, 5.74) is 3.51. The van der Waals surface area contributed by atoms with Crippen molar-refractivity contribution in [3.05, 3.63) is 94.0 Å². The molecule has 1 amide bonds. The van der Waals surface area contributed by atoms with Crippen molar-refractivity contribution in [2.24, 2.45) is 0 Å². The minimum absolute atomic E-state index is 0.277. The second-order valence-electron chi connectivity index (χ2n) is 6.34. The molecule has 5 nitrogen and oxygen atoms in total. The monoisotopic (exact) mass is 422 g/mol. The van der Waals surface area contributed by atoms with Crippen molar-refractivity contribution < 1.29 is 4.79 Å². The Hall–Kier alpha value is -3.15. The van der Waals surface area contributed by atoms with Gasteiger partial charge >= 0.3 is 0 Å². The molecule has 0 aliphatic rings. The van der Waals surface area contributed by atoms with E-state index in [1.807, 2.05) is 42.5 Å². The summed E-state index contributed by atoms with van der Waals surface area (Å²) in [6.07, 6.45) is 3.42. The van der Waals surface area contributed by atoms with Gasteiger partial charge in [0.2, 0.25) is 0 Å². The molecule has 7 heteroatoms. The number of aromatic amines is 1. The fourth-order valence-electron chi connectivity index (χ4n) is 2.86. The Morgan fingerprint density at radius 3 is 2.62 bits per heavy atom. The zero-order chi connectivity index (χ0) is 20.2. The Bertz CT molecular complexity index is 1170. The van der Waals surface area contributed by atoms with Crippen molar-refractivity contribution in [3.63, 3.8) is 0 Å². The van der Waals surface area contributed by atoms with Crippen LogP contribution in [-0.4, -0.2) is 20.9 Å². The third-order valence-corrected chi connectivity index (χ3v) is 5.04. The Balaban J connectivity index is 1.70. The molecule has 4 rings (SSSR count). The van der Waals surface area contributed by atoms with E-state index in [2.05, 4.69) is 20.3 Å². The number of halogens is 2. The zero-order valence-electron chi connectivity index (χ0n) is 15.2. The fraction of sp³-hybridized carbons (Fsp3) is 0.0455. The molecule has 0 fully saturated rings. The number of para-hydroxylation sites is 2. The lowest BCUT2D eigenvalue weighted by molar-refractivity contribution is -0.115. The summed E-state index contributed by atoms with van der Waals surface area (Å²) >= 11 is 12.1. The van der Waals surface area contributed by atoms with Crippen LogP contribution in [0.3, 0.4) is 0 Å². The van der Waals surface area contributed by atoms with Gasteiger partial charge in [-0.1, -0.05) is 47.5 Å². The molecule has 0 saturated carbocycles. The van der Waals surface area contributed by atoms with E-state index in [0.717, 1.165) is 22.3 Å². The van der Waals surface area contributed by atoms with Crippen LogP contribution in [0.25, 0.3) is 22.7 Å². The zero-order valence-corrected chi connectivity index (χ0v) is 16.7. The molecule has 2 heterocycles. The van der Waals surface area contributed by atoms with Crippen molar-refractivity contribution in [1.82, 2.24) is 20.3 Å². The molecule has 2 aromatic carbocycles. The van der Waals surface area contributed by atoms with Crippen LogP contribution < -0.4 is 5.32 Å². The first-order valence-corrected chi connectivity index (χ1v) is 9.66. The highest BCUT2D eigenvalue weighted by Crippen LogP contribution is 2.26. The Labute approximate surface area is 177 Å². The highest BCUT2D eigenvalue weighted by Gasteiger charge is 2.17. The SMILES string of the molecule is O=C(NCc1ccccn1)/C(=C/c1ccc(Cl)c(Cl)c1)c1nc2ccccc2[nH]1. The van der Waals surface area contributed by atoms with Crippen LogP contribution in [0.1, 0.15) is 17.1 Å². The smallest absolute Gasteiger partial charge is 0.255 e. The van der Waals surface area contributed by atoms with E-state index in [9.17, 15) is 4.79 Å². The van der Waals surface area contributed by atoms with Gasteiger partial charge in [-0.3, -0.25) is 9.78 Å². The Morgan fingerprint density at radius 1 is 1.03 bits per heavy atom. The van der Waals surface area contributed by atoms with E-state index in [4.69, 9.17) is 23.2 Å². The molecular formula is C22H16Cl2N4O. The van der Waals surface area contributed by atoms with Crippen LogP contribution in [0.15, 0.2) is 66.9 Å². The number of carbonyl (C=O) groups excluding carboxylic acids is 1. The maximum absolute atomic E-state index is 13.0. The first kappa shape index (κ1) is 19.2. The maximum Gasteiger partial charge on any atom is 0.255 e. The molecule has 2 aromatic heterocycles. The number of hydrogen-bond acceptors (Lipinski definition) is 3. The van der Waals surface area contributed by atoms with Crippen LogP contribution in [0, 0.1) is 0 Å². The van der Waals surface area contributed by atoms with Crippen LogP contribution in [0.4, 0.5) is 0 Å². The van der Waals surface area contributed by atoms with Gasteiger partial charge in [0, 0.05) is 6.20 Å². The van der Waals surface area contributed by atoms with Gasteiger partial charge in [0.1, 0.15) is 5.82 Å². The first-order chi connectivity index (χ1) is 14.1. The van der Waals surface area contributed by atoms with Crippen molar-refractivity contribution in [3.8, 4) is 0 Å². The number of hydrogen-bond donors (Lipinski definition) is 2. The van der Waals surface area contributed by atoms with E-state index in [0.29, 0.717) is 28.0 Å². The minimum Gasteiger partial charge on any atom is -0.346 e. The number of nitrogens with zero attached hydrogens (tertiary/aromatic N) is 2. The molecule has 0 unspecified atom stereocenters. The van der Waals surface area contributed by atoms with Gasteiger partial charge in [-0.2, -0.15) is 0 Å². The molecule has 0 bridgehead atoms. The molecular weight excluding hydrogens is 407 g/mol. The van der Waals surface area contributed by atoms with Gasteiger partial charge in [0.15, 0.2) is 0 Å². The lowest BCUT2D eigenvalue weighted by atomic mass is 10.1. The molecule has 0 aliphatic heterocycles. The molecule has 0 atom stereocenters. The van der Waals surface area contributed by atoms with Crippen LogP contribution >= 0.6 is 23.2 Å².